The van der Waals surface area contributed by atoms with E-state index in [2.05, 4.69) is 63.2 Å². The highest BCUT2D eigenvalue weighted by Gasteiger charge is 2.25. The lowest BCUT2D eigenvalue weighted by atomic mass is 10.1. The molecule has 19 heavy (non-hydrogen) atoms. The van der Waals surface area contributed by atoms with E-state index in [4.69, 9.17) is 0 Å². The Hall–Kier alpha value is -0.580. The van der Waals surface area contributed by atoms with Crippen LogP contribution in [0.5, 0.6) is 0 Å². The summed E-state index contributed by atoms with van der Waals surface area (Å²) in [5.41, 5.74) is 2.67. The fourth-order valence-corrected chi connectivity index (χ4v) is 2.96. The highest BCUT2D eigenvalue weighted by molar-refractivity contribution is 9.10. The van der Waals surface area contributed by atoms with Gasteiger partial charge in [0, 0.05) is 35.8 Å². The molecule has 1 aliphatic rings. The second kappa shape index (κ2) is 6.73. The molecule has 0 amide bonds. The standard InChI is InChI=1S/C15H24BrN3/c1-12-10-13(4-5-15(12)16)19-9-8-18(3)11-14(19)6-7-17-2/h4-5,10,14,17H,6-9,11H2,1-3H3. The van der Waals surface area contributed by atoms with E-state index in [1.54, 1.807) is 0 Å². The van der Waals surface area contributed by atoms with Crippen molar-refractivity contribution in [2.75, 3.05) is 45.2 Å². The van der Waals surface area contributed by atoms with Crippen molar-refractivity contribution in [2.24, 2.45) is 0 Å². The first-order chi connectivity index (χ1) is 9.11. The topological polar surface area (TPSA) is 18.5 Å². The molecule has 4 heteroatoms. The summed E-state index contributed by atoms with van der Waals surface area (Å²) < 4.78 is 1.19. The molecular weight excluding hydrogens is 302 g/mol. The lowest BCUT2D eigenvalue weighted by Crippen LogP contribution is -2.52. The van der Waals surface area contributed by atoms with Crippen LogP contribution in [0.3, 0.4) is 0 Å². The van der Waals surface area contributed by atoms with E-state index in [1.807, 2.05) is 7.05 Å². The molecule has 3 nitrogen and oxygen atoms in total. The number of aryl methyl sites for hydroxylation is 1. The predicted molar refractivity (Wildman–Crippen MR) is 86.1 cm³/mol. The smallest absolute Gasteiger partial charge is 0.0429 e. The molecule has 1 fully saturated rings. The summed E-state index contributed by atoms with van der Waals surface area (Å²) in [6.45, 7) is 6.64. The van der Waals surface area contributed by atoms with Crippen LogP contribution in [0.4, 0.5) is 5.69 Å². The van der Waals surface area contributed by atoms with E-state index < -0.39 is 0 Å². The molecule has 1 heterocycles. The van der Waals surface area contributed by atoms with Crippen LogP contribution < -0.4 is 10.2 Å². The minimum Gasteiger partial charge on any atom is -0.366 e. The third-order valence-corrected chi connectivity index (χ3v) is 4.78. The second-order valence-electron chi connectivity index (χ2n) is 5.44. The molecule has 1 aromatic carbocycles. The van der Waals surface area contributed by atoms with Gasteiger partial charge in [0.15, 0.2) is 0 Å². The number of likely N-dealkylation sites (N-methyl/N-ethyl adjacent to an activating group) is 1. The fourth-order valence-electron chi connectivity index (χ4n) is 2.72. The maximum Gasteiger partial charge on any atom is 0.0429 e. The maximum absolute atomic E-state index is 3.58. The molecule has 0 bridgehead atoms. The quantitative estimate of drug-likeness (QED) is 0.917. The van der Waals surface area contributed by atoms with Crippen molar-refractivity contribution < 1.29 is 0 Å². The fraction of sp³-hybridized carbons (Fsp3) is 0.600. The number of nitrogens with one attached hydrogen (secondary N) is 1. The number of anilines is 1. The van der Waals surface area contributed by atoms with Gasteiger partial charge >= 0.3 is 0 Å². The molecule has 0 aromatic heterocycles. The summed E-state index contributed by atoms with van der Waals surface area (Å²) in [4.78, 5) is 5.00. The van der Waals surface area contributed by atoms with Crippen LogP contribution >= 0.6 is 15.9 Å². The average molecular weight is 326 g/mol. The molecule has 0 spiro atoms. The van der Waals surface area contributed by atoms with Gasteiger partial charge in [-0.05, 0) is 57.7 Å². The lowest BCUT2D eigenvalue weighted by molar-refractivity contribution is 0.260. The zero-order chi connectivity index (χ0) is 13.8. The van der Waals surface area contributed by atoms with Gasteiger partial charge in [0.1, 0.15) is 0 Å². The van der Waals surface area contributed by atoms with Crippen molar-refractivity contribution in [3.8, 4) is 0 Å². The number of nitrogens with zero attached hydrogens (tertiary/aromatic N) is 2. The first-order valence-electron chi connectivity index (χ1n) is 6.97. The summed E-state index contributed by atoms with van der Waals surface area (Å²) in [5, 5.41) is 3.27. The van der Waals surface area contributed by atoms with E-state index >= 15 is 0 Å². The molecule has 0 aliphatic carbocycles. The molecule has 1 atom stereocenters. The predicted octanol–water partition coefficient (Wildman–Crippen LogP) is 2.49. The van der Waals surface area contributed by atoms with Gasteiger partial charge in [0.05, 0.1) is 0 Å². The van der Waals surface area contributed by atoms with Crippen LogP contribution in [-0.4, -0.2) is 51.2 Å². The van der Waals surface area contributed by atoms with Crippen LogP contribution in [0.2, 0.25) is 0 Å². The maximum atomic E-state index is 3.58. The molecule has 1 aliphatic heterocycles. The third-order valence-electron chi connectivity index (χ3n) is 3.89. The van der Waals surface area contributed by atoms with Crippen molar-refractivity contribution in [1.82, 2.24) is 10.2 Å². The van der Waals surface area contributed by atoms with Crippen molar-refractivity contribution in [3.05, 3.63) is 28.2 Å². The Morgan fingerprint density at radius 2 is 2.16 bits per heavy atom. The van der Waals surface area contributed by atoms with E-state index in [9.17, 15) is 0 Å². The third kappa shape index (κ3) is 3.71. The Bertz CT molecular complexity index is 422. The van der Waals surface area contributed by atoms with Gasteiger partial charge < -0.3 is 15.1 Å². The minimum atomic E-state index is 0.603. The van der Waals surface area contributed by atoms with Crippen LogP contribution in [-0.2, 0) is 0 Å². The molecule has 1 aromatic rings. The Kier molecular flexibility index (Phi) is 5.25. The van der Waals surface area contributed by atoms with Crippen molar-refractivity contribution in [3.63, 3.8) is 0 Å². The summed E-state index contributed by atoms with van der Waals surface area (Å²) in [6.07, 6.45) is 1.19. The van der Waals surface area contributed by atoms with Gasteiger partial charge in [0.25, 0.3) is 0 Å². The first-order valence-corrected chi connectivity index (χ1v) is 7.77. The SMILES string of the molecule is CNCCC1CN(C)CCN1c1ccc(Br)c(C)c1. The van der Waals surface area contributed by atoms with Crippen molar-refractivity contribution in [2.45, 2.75) is 19.4 Å². The summed E-state index contributed by atoms with van der Waals surface area (Å²) in [5.74, 6) is 0. The van der Waals surface area contributed by atoms with Gasteiger partial charge in [-0.15, -0.1) is 0 Å². The summed E-state index contributed by atoms with van der Waals surface area (Å²) in [7, 11) is 4.25. The minimum absolute atomic E-state index is 0.603. The van der Waals surface area contributed by atoms with Gasteiger partial charge in [-0.1, -0.05) is 15.9 Å². The van der Waals surface area contributed by atoms with Gasteiger partial charge in [-0.25, -0.2) is 0 Å². The highest BCUT2D eigenvalue weighted by atomic mass is 79.9. The van der Waals surface area contributed by atoms with Gasteiger partial charge in [-0.2, -0.15) is 0 Å². The van der Waals surface area contributed by atoms with Gasteiger partial charge in [0.2, 0.25) is 0 Å². The van der Waals surface area contributed by atoms with E-state index in [0.29, 0.717) is 6.04 Å². The van der Waals surface area contributed by atoms with Crippen LogP contribution in [0.25, 0.3) is 0 Å². The number of piperazine rings is 1. The lowest BCUT2D eigenvalue weighted by Gasteiger charge is -2.42. The molecule has 1 saturated heterocycles. The molecule has 0 saturated carbocycles. The number of hydrogen-bond donors (Lipinski definition) is 1. The normalized spacial score (nSPS) is 20.8. The summed E-state index contributed by atoms with van der Waals surface area (Å²) in [6, 6.07) is 7.29. The Labute approximate surface area is 125 Å². The van der Waals surface area contributed by atoms with Gasteiger partial charge in [-0.3, -0.25) is 0 Å². The molecule has 1 N–H and O–H groups in total. The second-order valence-corrected chi connectivity index (χ2v) is 6.29. The van der Waals surface area contributed by atoms with E-state index in [-0.39, 0.29) is 0 Å². The number of benzene rings is 1. The Morgan fingerprint density at radius 3 is 2.84 bits per heavy atom. The number of hydrogen-bond acceptors (Lipinski definition) is 3. The van der Waals surface area contributed by atoms with Crippen LogP contribution in [0.15, 0.2) is 22.7 Å². The average Bonchev–Trinajstić information content (AvgIpc) is 2.40. The Balaban J connectivity index is 2.16. The molecule has 2 rings (SSSR count). The number of rotatable bonds is 4. The Morgan fingerprint density at radius 1 is 1.37 bits per heavy atom. The molecular formula is C15H24BrN3. The van der Waals surface area contributed by atoms with E-state index in [1.165, 1.54) is 22.1 Å². The van der Waals surface area contributed by atoms with Crippen molar-refractivity contribution >= 4 is 21.6 Å². The highest BCUT2D eigenvalue weighted by Crippen LogP contribution is 2.26. The molecule has 0 radical (unpaired) electrons. The zero-order valence-electron chi connectivity index (χ0n) is 12.1. The summed E-state index contributed by atoms with van der Waals surface area (Å²) >= 11 is 3.58. The number of halogens is 1. The van der Waals surface area contributed by atoms with Crippen LogP contribution in [0, 0.1) is 6.92 Å². The van der Waals surface area contributed by atoms with E-state index in [0.717, 1.165) is 26.2 Å². The largest absolute Gasteiger partial charge is 0.366 e. The first kappa shape index (κ1) is 14.8. The zero-order valence-corrected chi connectivity index (χ0v) is 13.7. The molecule has 106 valence electrons. The molecule has 1 unspecified atom stereocenters. The monoisotopic (exact) mass is 325 g/mol. The van der Waals surface area contributed by atoms with Crippen LogP contribution in [0.1, 0.15) is 12.0 Å². The van der Waals surface area contributed by atoms with Crippen molar-refractivity contribution in [1.29, 1.82) is 0 Å².